The first-order chi connectivity index (χ1) is 11.8. The molecule has 1 heterocycles. The lowest BCUT2D eigenvalue weighted by Gasteiger charge is -2.12. The summed E-state index contributed by atoms with van der Waals surface area (Å²) in [6.07, 6.45) is -0.773. The second-order valence-corrected chi connectivity index (χ2v) is 6.87. The van der Waals surface area contributed by atoms with Gasteiger partial charge in [-0.05, 0) is 34.1 Å². The van der Waals surface area contributed by atoms with Crippen LogP contribution in [0.3, 0.4) is 0 Å². The van der Waals surface area contributed by atoms with Gasteiger partial charge in [-0.15, -0.1) is 0 Å². The molecule has 25 heavy (non-hydrogen) atoms. The largest absolute Gasteiger partial charge is 0.382 e. The lowest BCUT2D eigenvalue weighted by atomic mass is 10.0. The first-order valence-corrected chi connectivity index (χ1v) is 8.53. The molecule has 4 nitrogen and oxygen atoms in total. The molecule has 1 N–H and O–H groups in total. The summed E-state index contributed by atoms with van der Waals surface area (Å²) in [6.45, 7) is 0. The van der Waals surface area contributed by atoms with Gasteiger partial charge in [-0.2, -0.15) is 0 Å². The van der Waals surface area contributed by atoms with Crippen molar-refractivity contribution in [2.24, 2.45) is 5.16 Å². The van der Waals surface area contributed by atoms with E-state index in [1.165, 1.54) is 0 Å². The molecule has 9 heteroatoms. The minimum absolute atomic E-state index is 0.0852. The van der Waals surface area contributed by atoms with E-state index in [1.54, 1.807) is 18.2 Å². The second kappa shape index (κ2) is 7.27. The van der Waals surface area contributed by atoms with Crippen molar-refractivity contribution in [3.63, 3.8) is 0 Å². The highest BCUT2D eigenvalue weighted by Crippen LogP contribution is 2.29. The van der Waals surface area contributed by atoms with Crippen LogP contribution in [-0.2, 0) is 9.63 Å². The van der Waals surface area contributed by atoms with Crippen molar-refractivity contribution in [1.82, 2.24) is 0 Å². The molecule has 0 saturated carbocycles. The zero-order valence-corrected chi connectivity index (χ0v) is 15.4. The predicted octanol–water partition coefficient (Wildman–Crippen LogP) is 5.17. The molecule has 2 aromatic carbocycles. The molecule has 0 saturated heterocycles. The number of rotatable bonds is 3. The Hall–Kier alpha value is -1.70. The molecule has 0 aliphatic carbocycles. The number of carbonyl (C=O) groups excluding carboxylic acids is 1. The van der Waals surface area contributed by atoms with Gasteiger partial charge in [-0.3, -0.25) is 4.79 Å². The van der Waals surface area contributed by atoms with Crippen LogP contribution < -0.4 is 5.32 Å². The fraction of sp³-hybridized carbons (Fsp3) is 0.125. The normalized spacial score (nSPS) is 16.4. The molecular formula is C16H9BrCl2F2N2O2. The summed E-state index contributed by atoms with van der Waals surface area (Å²) in [7, 11) is 0. The number of nitrogens with one attached hydrogen (secondary N) is 1. The van der Waals surface area contributed by atoms with Gasteiger partial charge in [0.1, 0.15) is 5.82 Å². The van der Waals surface area contributed by atoms with Gasteiger partial charge in [0.2, 0.25) is 6.10 Å². The zero-order chi connectivity index (χ0) is 18.1. The van der Waals surface area contributed by atoms with Crippen molar-refractivity contribution >= 4 is 56.4 Å². The van der Waals surface area contributed by atoms with Crippen LogP contribution in [0.1, 0.15) is 12.0 Å². The minimum Gasteiger partial charge on any atom is -0.382 e. The molecule has 0 bridgehead atoms. The summed E-state index contributed by atoms with van der Waals surface area (Å²) in [4.78, 5) is 17.4. The number of hydrogen-bond donors (Lipinski definition) is 1. The highest BCUT2D eigenvalue weighted by atomic mass is 79.9. The van der Waals surface area contributed by atoms with Gasteiger partial charge in [0, 0.05) is 22.5 Å². The molecular weight excluding hydrogens is 441 g/mol. The van der Waals surface area contributed by atoms with Crippen LogP contribution >= 0.6 is 39.1 Å². The van der Waals surface area contributed by atoms with Crippen LogP contribution in [0.2, 0.25) is 10.0 Å². The average Bonchev–Trinajstić information content (AvgIpc) is 3.03. The maximum atomic E-state index is 13.8. The van der Waals surface area contributed by atoms with Crippen LogP contribution in [0.5, 0.6) is 0 Å². The first kappa shape index (κ1) is 18.1. The molecule has 1 unspecified atom stereocenters. The summed E-state index contributed by atoms with van der Waals surface area (Å²) in [5.74, 6) is -2.27. The Kier molecular flexibility index (Phi) is 5.27. The SMILES string of the molecule is O=C(Nc1c(F)cc(F)cc1Br)C1CC(c2ccc(Cl)c(Cl)c2)=NO1. The number of anilines is 1. The molecule has 0 fully saturated rings. The van der Waals surface area contributed by atoms with Crippen LogP contribution in [0.4, 0.5) is 14.5 Å². The van der Waals surface area contributed by atoms with Gasteiger partial charge in [0.25, 0.3) is 5.91 Å². The molecule has 0 aromatic heterocycles. The van der Waals surface area contributed by atoms with E-state index in [0.717, 1.165) is 6.07 Å². The van der Waals surface area contributed by atoms with Crippen molar-refractivity contribution in [2.45, 2.75) is 12.5 Å². The van der Waals surface area contributed by atoms with Crippen molar-refractivity contribution in [3.8, 4) is 0 Å². The lowest BCUT2D eigenvalue weighted by Crippen LogP contribution is -2.28. The molecule has 1 amide bonds. The van der Waals surface area contributed by atoms with E-state index in [4.69, 9.17) is 28.0 Å². The third-order valence-corrected chi connectivity index (χ3v) is 4.83. The molecule has 0 spiro atoms. The average molecular weight is 450 g/mol. The summed E-state index contributed by atoms with van der Waals surface area (Å²) >= 11 is 14.8. The number of oxime groups is 1. The number of halogens is 5. The predicted molar refractivity (Wildman–Crippen MR) is 95.2 cm³/mol. The highest BCUT2D eigenvalue weighted by molar-refractivity contribution is 9.10. The molecule has 3 rings (SSSR count). The Morgan fingerprint density at radius 1 is 1.24 bits per heavy atom. The first-order valence-electron chi connectivity index (χ1n) is 6.98. The maximum Gasteiger partial charge on any atom is 0.268 e. The summed E-state index contributed by atoms with van der Waals surface area (Å²) in [5.41, 5.74) is 1.01. The van der Waals surface area contributed by atoms with E-state index in [0.29, 0.717) is 27.4 Å². The third kappa shape index (κ3) is 3.94. The Labute approximate surface area is 159 Å². The quantitative estimate of drug-likeness (QED) is 0.703. The number of carbonyl (C=O) groups is 1. The Bertz CT molecular complexity index is 869. The Balaban J connectivity index is 1.71. The minimum atomic E-state index is -0.944. The summed E-state index contributed by atoms with van der Waals surface area (Å²) < 4.78 is 27.0. The van der Waals surface area contributed by atoms with E-state index in [1.807, 2.05) is 0 Å². The monoisotopic (exact) mass is 448 g/mol. The highest BCUT2D eigenvalue weighted by Gasteiger charge is 2.30. The number of benzene rings is 2. The second-order valence-electron chi connectivity index (χ2n) is 5.20. The fourth-order valence-corrected chi connectivity index (χ4v) is 3.03. The van der Waals surface area contributed by atoms with Crippen LogP contribution in [-0.4, -0.2) is 17.7 Å². The van der Waals surface area contributed by atoms with Gasteiger partial charge < -0.3 is 10.2 Å². The van der Waals surface area contributed by atoms with Crippen molar-refractivity contribution in [3.05, 3.63) is 62.0 Å². The molecule has 2 aromatic rings. The molecule has 1 aliphatic rings. The van der Waals surface area contributed by atoms with E-state index >= 15 is 0 Å². The van der Waals surface area contributed by atoms with Crippen LogP contribution in [0.25, 0.3) is 0 Å². The summed E-state index contributed by atoms with van der Waals surface area (Å²) in [6, 6.07) is 6.65. The van der Waals surface area contributed by atoms with Crippen molar-refractivity contribution in [2.75, 3.05) is 5.32 Å². The molecule has 0 radical (unpaired) electrons. The van der Waals surface area contributed by atoms with Crippen LogP contribution in [0, 0.1) is 11.6 Å². The lowest BCUT2D eigenvalue weighted by molar-refractivity contribution is -0.125. The van der Waals surface area contributed by atoms with Crippen molar-refractivity contribution in [1.29, 1.82) is 0 Å². The van der Waals surface area contributed by atoms with Gasteiger partial charge in [0.05, 0.1) is 21.4 Å². The molecule has 130 valence electrons. The summed E-state index contributed by atoms with van der Waals surface area (Å²) in [5, 5.41) is 6.99. The van der Waals surface area contributed by atoms with E-state index in [9.17, 15) is 13.6 Å². The van der Waals surface area contributed by atoms with Gasteiger partial charge >= 0.3 is 0 Å². The number of hydrogen-bond acceptors (Lipinski definition) is 3. The maximum absolute atomic E-state index is 13.8. The topological polar surface area (TPSA) is 50.7 Å². The van der Waals surface area contributed by atoms with Crippen LogP contribution in [0.15, 0.2) is 40.0 Å². The van der Waals surface area contributed by atoms with E-state index < -0.39 is 23.6 Å². The van der Waals surface area contributed by atoms with E-state index in [-0.39, 0.29) is 16.6 Å². The fourth-order valence-electron chi connectivity index (χ4n) is 2.23. The third-order valence-electron chi connectivity index (χ3n) is 3.47. The molecule has 1 aliphatic heterocycles. The number of amides is 1. The van der Waals surface area contributed by atoms with Gasteiger partial charge in [-0.25, -0.2) is 8.78 Å². The van der Waals surface area contributed by atoms with E-state index in [2.05, 4.69) is 26.4 Å². The molecule has 1 atom stereocenters. The van der Waals surface area contributed by atoms with Gasteiger partial charge in [0.15, 0.2) is 5.82 Å². The van der Waals surface area contributed by atoms with Gasteiger partial charge in [-0.1, -0.05) is 34.4 Å². The number of nitrogens with zero attached hydrogens (tertiary/aromatic N) is 1. The zero-order valence-electron chi connectivity index (χ0n) is 12.3. The smallest absolute Gasteiger partial charge is 0.268 e. The Morgan fingerprint density at radius 2 is 2.00 bits per heavy atom. The Morgan fingerprint density at radius 3 is 2.68 bits per heavy atom. The standard InChI is InChI=1S/C16H9BrCl2F2N2O2/c17-9-4-8(20)5-12(21)15(9)22-16(24)14-6-13(23-25-14)7-1-2-10(18)11(19)3-7/h1-5,14H,6H2,(H,22,24). The van der Waals surface area contributed by atoms with Crippen molar-refractivity contribution < 1.29 is 18.4 Å².